The molecule has 0 N–H and O–H groups in total. The van der Waals surface area contributed by atoms with Gasteiger partial charge in [0.2, 0.25) is 0 Å². The summed E-state index contributed by atoms with van der Waals surface area (Å²) in [5.41, 5.74) is 0.588. The number of hydrogen-bond acceptors (Lipinski definition) is 0. The zero-order valence-electron chi connectivity index (χ0n) is 7.93. The minimum atomic E-state index is 0.588. The molecule has 1 heteroatoms. The Bertz CT molecular complexity index is 174. The van der Waals surface area contributed by atoms with E-state index < -0.39 is 0 Å². The van der Waals surface area contributed by atoms with Crippen LogP contribution in [0.3, 0.4) is 0 Å². The predicted molar refractivity (Wildman–Crippen MR) is 47.0 cm³/mol. The van der Waals surface area contributed by atoms with Crippen molar-refractivity contribution < 1.29 is 4.48 Å². The Morgan fingerprint density at radius 2 is 2.18 bits per heavy atom. The molecule has 2 heterocycles. The molecule has 0 aromatic carbocycles. The van der Waals surface area contributed by atoms with Crippen LogP contribution >= 0.6 is 0 Å². The molecule has 0 aromatic heterocycles. The molecule has 2 saturated heterocycles. The van der Waals surface area contributed by atoms with Crippen LogP contribution in [0, 0.1) is 17.8 Å². The van der Waals surface area contributed by atoms with E-state index in [1.54, 1.807) is 0 Å². The average Bonchev–Trinajstić information content (AvgIpc) is 2.03. The van der Waals surface area contributed by atoms with Gasteiger partial charge in [-0.05, 0) is 6.42 Å². The van der Waals surface area contributed by atoms with Crippen molar-refractivity contribution in [2.75, 3.05) is 26.7 Å². The van der Waals surface area contributed by atoms with Gasteiger partial charge >= 0.3 is 0 Å². The van der Waals surface area contributed by atoms with Gasteiger partial charge in [-0.1, -0.05) is 13.8 Å². The lowest BCUT2D eigenvalue weighted by Crippen LogP contribution is -2.51. The van der Waals surface area contributed by atoms with E-state index in [0.29, 0.717) is 5.41 Å². The maximum Gasteiger partial charge on any atom is 0.0836 e. The van der Waals surface area contributed by atoms with E-state index in [0.717, 1.165) is 5.92 Å². The summed E-state index contributed by atoms with van der Waals surface area (Å²) in [5, 5.41) is 0. The highest BCUT2D eigenvalue weighted by molar-refractivity contribution is 4.91. The molecule has 63 valence electrons. The quantitative estimate of drug-likeness (QED) is 0.465. The van der Waals surface area contributed by atoms with Gasteiger partial charge < -0.3 is 4.48 Å². The second-order valence-corrected chi connectivity index (χ2v) is 5.51. The molecular weight excluding hydrogens is 134 g/mol. The highest BCUT2D eigenvalue weighted by Gasteiger charge is 2.46. The van der Waals surface area contributed by atoms with Crippen molar-refractivity contribution in [3.05, 3.63) is 6.42 Å². The standard InChI is InChI=1S/C10H19N/c1-10(2)6-9-4-5-11(3,7-9)8-10/h4,9H,5-8H2,1-3H3/q+1. The summed E-state index contributed by atoms with van der Waals surface area (Å²) >= 11 is 0. The molecule has 0 aromatic rings. The van der Waals surface area contributed by atoms with Crippen molar-refractivity contribution in [1.29, 1.82) is 0 Å². The second-order valence-electron chi connectivity index (χ2n) is 5.51. The van der Waals surface area contributed by atoms with E-state index in [2.05, 4.69) is 27.3 Å². The number of fused-ring (bicyclic) bond motifs is 2. The molecule has 0 saturated carbocycles. The van der Waals surface area contributed by atoms with Crippen molar-refractivity contribution in [2.24, 2.45) is 11.3 Å². The molecule has 2 fully saturated rings. The first-order chi connectivity index (χ1) is 4.99. The predicted octanol–water partition coefficient (Wildman–Crippen LogP) is 1.70. The van der Waals surface area contributed by atoms with E-state index in [-0.39, 0.29) is 0 Å². The van der Waals surface area contributed by atoms with Crippen molar-refractivity contribution in [1.82, 2.24) is 0 Å². The van der Waals surface area contributed by atoms with Crippen LogP contribution in [-0.2, 0) is 0 Å². The zero-order valence-corrected chi connectivity index (χ0v) is 7.93. The highest BCUT2D eigenvalue weighted by Crippen LogP contribution is 2.40. The summed E-state index contributed by atoms with van der Waals surface area (Å²) in [4.78, 5) is 0. The van der Waals surface area contributed by atoms with Crippen LogP contribution in [0.15, 0.2) is 0 Å². The summed E-state index contributed by atoms with van der Waals surface area (Å²) in [6, 6.07) is 0. The fourth-order valence-corrected chi connectivity index (χ4v) is 3.20. The number of quaternary nitrogens is 1. The van der Waals surface area contributed by atoms with Gasteiger partial charge in [-0.2, -0.15) is 0 Å². The molecule has 2 rings (SSSR count). The van der Waals surface area contributed by atoms with Crippen molar-refractivity contribution in [3.8, 4) is 0 Å². The van der Waals surface area contributed by atoms with Crippen molar-refractivity contribution in [3.63, 3.8) is 0 Å². The minimum absolute atomic E-state index is 0.588. The van der Waals surface area contributed by atoms with E-state index in [4.69, 9.17) is 0 Å². The Hall–Kier alpha value is -0.0400. The van der Waals surface area contributed by atoms with Gasteiger partial charge in [-0.15, -0.1) is 0 Å². The fraction of sp³-hybridized carbons (Fsp3) is 0.900. The van der Waals surface area contributed by atoms with Gasteiger partial charge in [0.15, 0.2) is 0 Å². The maximum absolute atomic E-state index is 2.54. The number of hydrogen-bond donors (Lipinski definition) is 0. The average molecular weight is 153 g/mol. The first kappa shape index (κ1) is 7.60. The van der Waals surface area contributed by atoms with Crippen LogP contribution < -0.4 is 0 Å². The number of nitrogens with zero attached hydrogens (tertiary/aromatic N) is 1. The molecule has 11 heavy (non-hydrogen) atoms. The summed E-state index contributed by atoms with van der Waals surface area (Å²) in [6.07, 6.45) is 3.95. The molecule has 2 bridgehead atoms. The Morgan fingerprint density at radius 3 is 2.82 bits per heavy atom. The lowest BCUT2D eigenvalue weighted by Gasteiger charge is -2.41. The monoisotopic (exact) mass is 153 g/mol. The van der Waals surface area contributed by atoms with E-state index >= 15 is 0 Å². The van der Waals surface area contributed by atoms with Gasteiger partial charge in [0.1, 0.15) is 0 Å². The summed E-state index contributed by atoms with van der Waals surface area (Å²) in [6.45, 7) is 8.92. The Labute approximate surface area is 70.0 Å². The van der Waals surface area contributed by atoms with Crippen molar-refractivity contribution >= 4 is 0 Å². The first-order valence-corrected chi connectivity index (χ1v) is 4.66. The Morgan fingerprint density at radius 1 is 1.45 bits per heavy atom. The number of rotatable bonds is 0. The summed E-state index contributed by atoms with van der Waals surface area (Å²) in [5.74, 6) is 0.920. The molecule has 1 radical (unpaired) electrons. The van der Waals surface area contributed by atoms with Gasteiger partial charge in [0, 0.05) is 17.8 Å². The second kappa shape index (κ2) is 2.01. The van der Waals surface area contributed by atoms with Crippen LogP contribution in [0.2, 0.25) is 0 Å². The molecule has 1 nitrogen and oxygen atoms in total. The lowest BCUT2D eigenvalue weighted by molar-refractivity contribution is -0.908. The van der Waals surface area contributed by atoms with Crippen LogP contribution in [0.1, 0.15) is 20.3 Å². The smallest absolute Gasteiger partial charge is 0.0836 e. The van der Waals surface area contributed by atoms with Crippen LogP contribution in [0.25, 0.3) is 0 Å². The minimum Gasteiger partial charge on any atom is -0.325 e. The van der Waals surface area contributed by atoms with E-state index in [9.17, 15) is 0 Å². The topological polar surface area (TPSA) is 0 Å². The van der Waals surface area contributed by atoms with Gasteiger partial charge in [0.05, 0.1) is 26.7 Å². The Balaban J connectivity index is 2.19. The van der Waals surface area contributed by atoms with Crippen LogP contribution in [0.5, 0.6) is 0 Å². The largest absolute Gasteiger partial charge is 0.325 e. The van der Waals surface area contributed by atoms with Crippen LogP contribution in [-0.4, -0.2) is 31.2 Å². The van der Waals surface area contributed by atoms with E-state index in [1.807, 2.05) is 0 Å². The number of piperidine rings is 1. The zero-order chi connectivity index (χ0) is 8.11. The van der Waals surface area contributed by atoms with Gasteiger partial charge in [-0.25, -0.2) is 0 Å². The van der Waals surface area contributed by atoms with Crippen LogP contribution in [0.4, 0.5) is 0 Å². The fourth-order valence-electron chi connectivity index (χ4n) is 3.20. The summed E-state index contributed by atoms with van der Waals surface area (Å²) < 4.78 is 1.30. The molecule has 2 atom stereocenters. The third kappa shape index (κ3) is 1.31. The molecule has 2 aliphatic rings. The Kier molecular flexibility index (Phi) is 1.39. The molecular formula is C10H19N+. The van der Waals surface area contributed by atoms with E-state index in [1.165, 1.54) is 30.5 Å². The SMILES string of the molecule is CC1(C)CC2[CH]C[N+](C)(C2)C1. The van der Waals surface area contributed by atoms with Crippen molar-refractivity contribution in [2.45, 2.75) is 20.3 Å². The highest BCUT2D eigenvalue weighted by atomic mass is 15.4. The molecule has 2 unspecified atom stereocenters. The maximum atomic E-state index is 2.54. The third-order valence-electron chi connectivity index (χ3n) is 3.18. The third-order valence-corrected chi connectivity index (χ3v) is 3.18. The molecule has 2 aliphatic heterocycles. The van der Waals surface area contributed by atoms with Gasteiger partial charge in [-0.3, -0.25) is 0 Å². The molecule has 0 amide bonds. The van der Waals surface area contributed by atoms with Gasteiger partial charge in [0.25, 0.3) is 0 Å². The normalized spacial score (nSPS) is 47.7. The molecule has 0 spiro atoms. The molecule has 0 aliphatic carbocycles. The summed E-state index contributed by atoms with van der Waals surface area (Å²) in [7, 11) is 2.40. The lowest BCUT2D eigenvalue weighted by atomic mass is 9.79. The first-order valence-electron chi connectivity index (χ1n) is 4.66.